The van der Waals surface area contributed by atoms with E-state index in [-0.39, 0.29) is 5.60 Å². The summed E-state index contributed by atoms with van der Waals surface area (Å²) in [7, 11) is 1.76. The minimum absolute atomic E-state index is 0.354. The van der Waals surface area contributed by atoms with Gasteiger partial charge in [0, 0.05) is 19.1 Å². The summed E-state index contributed by atoms with van der Waals surface area (Å²) in [6.07, 6.45) is 2.72. The Kier molecular flexibility index (Phi) is 5.36. The molecule has 0 saturated heterocycles. The molecule has 2 nitrogen and oxygen atoms in total. The van der Waals surface area contributed by atoms with Gasteiger partial charge in [-0.2, -0.15) is 5.26 Å². The van der Waals surface area contributed by atoms with Crippen molar-refractivity contribution in [3.8, 4) is 6.07 Å². The van der Waals surface area contributed by atoms with Crippen molar-refractivity contribution in [3.05, 3.63) is 76.4 Å². The molecule has 0 amide bonds. The van der Waals surface area contributed by atoms with Crippen LogP contribution in [0.15, 0.2) is 54.1 Å². The number of ether oxygens (including phenoxy) is 1. The normalized spacial score (nSPS) is 14.1. The Balaban J connectivity index is 2.29. The first-order chi connectivity index (χ1) is 11.0. The average molecular weight is 305 g/mol. The number of methoxy groups -OCH3 is 1. The number of benzene rings is 2. The molecule has 0 heterocycles. The summed E-state index contributed by atoms with van der Waals surface area (Å²) in [5.74, 6) is 0. The van der Waals surface area contributed by atoms with Gasteiger partial charge in [0.15, 0.2) is 0 Å². The zero-order valence-electron chi connectivity index (χ0n) is 14.3. The molecule has 1 unspecified atom stereocenters. The summed E-state index contributed by atoms with van der Waals surface area (Å²) in [6, 6.07) is 18.8. The van der Waals surface area contributed by atoms with Crippen LogP contribution in [0.1, 0.15) is 36.1 Å². The minimum atomic E-state index is -0.354. The number of allylic oxidation sites excluding steroid dienone is 1. The Hall–Kier alpha value is -2.37. The van der Waals surface area contributed by atoms with E-state index in [1.807, 2.05) is 31.2 Å². The fraction of sp³-hybridized carbons (Fsp3) is 0.286. The van der Waals surface area contributed by atoms with Gasteiger partial charge in [-0.1, -0.05) is 48.5 Å². The van der Waals surface area contributed by atoms with Crippen molar-refractivity contribution < 1.29 is 4.74 Å². The summed E-state index contributed by atoms with van der Waals surface area (Å²) in [5.41, 5.74) is 5.02. The van der Waals surface area contributed by atoms with Crippen LogP contribution in [0.5, 0.6) is 0 Å². The molecule has 0 radical (unpaired) electrons. The lowest BCUT2D eigenvalue weighted by atomic mass is 9.87. The maximum absolute atomic E-state index is 8.92. The van der Waals surface area contributed by atoms with Crippen molar-refractivity contribution in [2.24, 2.45) is 0 Å². The highest BCUT2D eigenvalue weighted by Crippen LogP contribution is 2.29. The molecule has 0 spiro atoms. The maximum Gasteiger partial charge on any atom is 0.0944 e. The average Bonchev–Trinajstić information content (AvgIpc) is 2.57. The third-order valence-corrected chi connectivity index (χ3v) is 4.26. The van der Waals surface area contributed by atoms with Gasteiger partial charge in [0.25, 0.3) is 0 Å². The van der Waals surface area contributed by atoms with Gasteiger partial charge in [0.1, 0.15) is 0 Å². The molecule has 0 aliphatic heterocycles. The smallest absolute Gasteiger partial charge is 0.0944 e. The third-order valence-electron chi connectivity index (χ3n) is 4.26. The Morgan fingerprint density at radius 1 is 1.22 bits per heavy atom. The second kappa shape index (κ2) is 7.26. The molecule has 0 N–H and O–H groups in total. The number of rotatable bonds is 5. The van der Waals surface area contributed by atoms with Crippen molar-refractivity contribution in [2.45, 2.75) is 32.8 Å². The molecule has 0 aromatic heterocycles. The lowest BCUT2D eigenvalue weighted by molar-refractivity contribution is 0.00220. The molecule has 2 heteroatoms. The number of aryl methyl sites for hydroxylation is 1. The third kappa shape index (κ3) is 4.09. The summed E-state index contributed by atoms with van der Waals surface area (Å²) < 4.78 is 5.82. The first-order valence-electron chi connectivity index (χ1n) is 7.77. The Morgan fingerprint density at radius 3 is 2.48 bits per heavy atom. The van der Waals surface area contributed by atoms with Crippen LogP contribution in [-0.4, -0.2) is 7.11 Å². The SMILES string of the molecule is COC(C)(Cc1ccc(/C=C(\C)C#N)c(C)c1)c1ccccc1. The van der Waals surface area contributed by atoms with E-state index in [1.165, 1.54) is 16.7 Å². The van der Waals surface area contributed by atoms with Crippen LogP contribution in [-0.2, 0) is 16.8 Å². The quantitative estimate of drug-likeness (QED) is 0.726. The summed E-state index contributed by atoms with van der Waals surface area (Å²) in [5, 5.41) is 8.92. The van der Waals surface area contributed by atoms with Gasteiger partial charge >= 0.3 is 0 Å². The highest BCUT2D eigenvalue weighted by molar-refractivity contribution is 5.59. The molecule has 2 rings (SSSR count). The van der Waals surface area contributed by atoms with E-state index >= 15 is 0 Å². The molecule has 118 valence electrons. The van der Waals surface area contributed by atoms with E-state index < -0.39 is 0 Å². The standard InChI is InChI=1S/C21H23NO/c1-16(15-22)12-19-11-10-18(13-17(19)2)14-21(3,23-4)20-8-6-5-7-9-20/h5-13H,14H2,1-4H3/b16-12+. The topological polar surface area (TPSA) is 33.0 Å². The monoisotopic (exact) mass is 305 g/mol. The van der Waals surface area contributed by atoms with Crippen molar-refractivity contribution in [1.82, 2.24) is 0 Å². The summed E-state index contributed by atoms with van der Waals surface area (Å²) in [4.78, 5) is 0. The molecule has 2 aromatic rings. The fourth-order valence-electron chi connectivity index (χ4n) is 2.75. The fourth-order valence-corrected chi connectivity index (χ4v) is 2.75. The maximum atomic E-state index is 8.92. The van der Waals surface area contributed by atoms with Crippen LogP contribution in [0.4, 0.5) is 0 Å². The largest absolute Gasteiger partial charge is 0.373 e. The number of nitrogens with zero attached hydrogens (tertiary/aromatic N) is 1. The van der Waals surface area contributed by atoms with Gasteiger partial charge in [0.2, 0.25) is 0 Å². The van der Waals surface area contributed by atoms with Crippen molar-refractivity contribution in [2.75, 3.05) is 7.11 Å². The predicted octanol–water partition coefficient (Wildman–Crippen LogP) is 5.03. The molecule has 2 aromatic carbocycles. The van der Waals surface area contributed by atoms with E-state index in [2.05, 4.69) is 50.2 Å². The Labute approximate surface area is 139 Å². The van der Waals surface area contributed by atoms with Crippen LogP contribution < -0.4 is 0 Å². The molecule has 0 aliphatic rings. The van der Waals surface area contributed by atoms with Crippen molar-refractivity contribution in [3.63, 3.8) is 0 Å². The van der Waals surface area contributed by atoms with Gasteiger partial charge < -0.3 is 4.74 Å². The van der Waals surface area contributed by atoms with E-state index in [4.69, 9.17) is 10.00 Å². The van der Waals surface area contributed by atoms with E-state index in [1.54, 1.807) is 7.11 Å². The zero-order valence-corrected chi connectivity index (χ0v) is 14.3. The highest BCUT2D eigenvalue weighted by atomic mass is 16.5. The van der Waals surface area contributed by atoms with Gasteiger partial charge in [-0.15, -0.1) is 0 Å². The van der Waals surface area contributed by atoms with E-state index in [0.29, 0.717) is 5.57 Å². The Morgan fingerprint density at radius 2 is 1.91 bits per heavy atom. The second-order valence-electron chi connectivity index (χ2n) is 6.11. The van der Waals surface area contributed by atoms with Crippen molar-refractivity contribution >= 4 is 6.08 Å². The predicted molar refractivity (Wildman–Crippen MR) is 95.0 cm³/mol. The van der Waals surface area contributed by atoms with Gasteiger partial charge in [-0.3, -0.25) is 0 Å². The molecule has 23 heavy (non-hydrogen) atoms. The van der Waals surface area contributed by atoms with Gasteiger partial charge in [-0.25, -0.2) is 0 Å². The lowest BCUT2D eigenvalue weighted by Gasteiger charge is -2.29. The van der Waals surface area contributed by atoms with Crippen molar-refractivity contribution in [1.29, 1.82) is 5.26 Å². The number of nitriles is 1. The van der Waals surface area contributed by atoms with Crippen LogP contribution >= 0.6 is 0 Å². The van der Waals surface area contributed by atoms with Gasteiger partial charge in [0.05, 0.1) is 11.7 Å². The molecule has 1 atom stereocenters. The van der Waals surface area contributed by atoms with Crippen LogP contribution in [0.2, 0.25) is 0 Å². The van der Waals surface area contributed by atoms with Crippen LogP contribution in [0.3, 0.4) is 0 Å². The Bertz CT molecular complexity index is 740. The van der Waals surface area contributed by atoms with Gasteiger partial charge in [-0.05, 0) is 49.1 Å². The molecule has 0 aliphatic carbocycles. The minimum Gasteiger partial charge on any atom is -0.373 e. The molecule has 0 bridgehead atoms. The first kappa shape index (κ1) is 17.0. The molecular formula is C21H23NO. The molecule has 0 saturated carbocycles. The lowest BCUT2D eigenvalue weighted by Crippen LogP contribution is -2.27. The van der Waals surface area contributed by atoms with E-state index in [0.717, 1.165) is 12.0 Å². The first-order valence-corrected chi connectivity index (χ1v) is 7.77. The highest BCUT2D eigenvalue weighted by Gasteiger charge is 2.26. The number of hydrogen-bond donors (Lipinski definition) is 0. The molecule has 0 fully saturated rings. The molecular weight excluding hydrogens is 282 g/mol. The van der Waals surface area contributed by atoms with Crippen LogP contribution in [0, 0.1) is 18.3 Å². The summed E-state index contributed by atoms with van der Waals surface area (Å²) >= 11 is 0. The van der Waals surface area contributed by atoms with Crippen LogP contribution in [0.25, 0.3) is 6.08 Å². The number of hydrogen-bond acceptors (Lipinski definition) is 2. The zero-order chi connectivity index (χ0) is 16.9. The summed E-state index contributed by atoms with van der Waals surface area (Å²) in [6.45, 7) is 6.02. The second-order valence-corrected chi connectivity index (χ2v) is 6.11. The van der Waals surface area contributed by atoms with E-state index in [9.17, 15) is 0 Å².